The highest BCUT2D eigenvalue weighted by atomic mass is 16.6. The summed E-state index contributed by atoms with van der Waals surface area (Å²) < 4.78 is 5.23. The Morgan fingerprint density at radius 1 is 1.33 bits per heavy atom. The van der Waals surface area contributed by atoms with Crippen molar-refractivity contribution in [3.8, 4) is 0 Å². The van der Waals surface area contributed by atoms with E-state index in [0.717, 1.165) is 5.57 Å². The van der Waals surface area contributed by atoms with E-state index in [4.69, 9.17) is 4.74 Å². The number of rotatable bonds is 2. The summed E-state index contributed by atoms with van der Waals surface area (Å²) in [6, 6.07) is 0. The third-order valence-electron chi connectivity index (χ3n) is 3.96. The zero-order valence-corrected chi connectivity index (χ0v) is 11.3. The van der Waals surface area contributed by atoms with Crippen LogP contribution < -0.4 is 5.32 Å². The minimum absolute atomic E-state index is 0.158. The first kappa shape index (κ1) is 13.1. The van der Waals surface area contributed by atoms with Crippen molar-refractivity contribution in [2.75, 3.05) is 0 Å². The van der Waals surface area contributed by atoms with Crippen molar-refractivity contribution in [3.05, 3.63) is 11.1 Å². The number of esters is 1. The summed E-state index contributed by atoms with van der Waals surface area (Å²) in [4.78, 5) is 23.9. The smallest absolute Gasteiger partial charge is 0.340 e. The van der Waals surface area contributed by atoms with Crippen LogP contribution in [0.4, 0.5) is 0 Å². The van der Waals surface area contributed by atoms with Crippen LogP contribution in [0.5, 0.6) is 0 Å². The number of carbonyl (C=O) groups excluding carboxylic acids is 2. The molecule has 2 heterocycles. The minimum Gasteiger partial charge on any atom is -0.449 e. The van der Waals surface area contributed by atoms with Gasteiger partial charge < -0.3 is 15.2 Å². The number of allylic oxidation sites excluding steroid dienone is 1. The number of amides is 1. The molecule has 5 heteroatoms. The molecule has 0 bridgehead atoms. The van der Waals surface area contributed by atoms with E-state index in [2.05, 4.69) is 5.32 Å². The molecule has 2 aliphatic heterocycles. The lowest BCUT2D eigenvalue weighted by molar-refractivity contribution is -0.222. The molecular weight excluding hydrogens is 234 g/mol. The molecular formula is C13H19NO4. The zero-order chi connectivity index (χ0) is 13.9. The second-order valence-corrected chi connectivity index (χ2v) is 5.75. The monoisotopic (exact) mass is 253 g/mol. The quantitative estimate of drug-likeness (QED) is 0.556. The topological polar surface area (TPSA) is 75.6 Å². The normalized spacial score (nSPS) is 35.8. The van der Waals surface area contributed by atoms with Crippen molar-refractivity contribution in [2.24, 2.45) is 5.92 Å². The number of hydrogen-bond donors (Lipinski definition) is 2. The van der Waals surface area contributed by atoms with Gasteiger partial charge in [-0.25, -0.2) is 4.79 Å². The summed E-state index contributed by atoms with van der Waals surface area (Å²) >= 11 is 0. The summed E-state index contributed by atoms with van der Waals surface area (Å²) in [7, 11) is 0. The van der Waals surface area contributed by atoms with Crippen molar-refractivity contribution in [2.45, 2.75) is 51.9 Å². The fourth-order valence-electron chi connectivity index (χ4n) is 3.05. The van der Waals surface area contributed by atoms with Crippen molar-refractivity contribution >= 4 is 11.9 Å². The number of aliphatic hydroxyl groups is 1. The Hall–Kier alpha value is -1.36. The second kappa shape index (κ2) is 3.57. The molecule has 0 unspecified atom stereocenters. The van der Waals surface area contributed by atoms with Crippen LogP contribution in [0.1, 0.15) is 34.6 Å². The van der Waals surface area contributed by atoms with E-state index in [-0.39, 0.29) is 11.8 Å². The molecule has 2 saturated heterocycles. The van der Waals surface area contributed by atoms with Gasteiger partial charge in [-0.15, -0.1) is 0 Å². The van der Waals surface area contributed by atoms with Gasteiger partial charge in [0.15, 0.2) is 5.60 Å². The molecule has 2 aliphatic rings. The molecule has 2 N–H and O–H groups in total. The molecule has 0 radical (unpaired) electrons. The van der Waals surface area contributed by atoms with Crippen molar-refractivity contribution in [3.63, 3.8) is 0 Å². The Morgan fingerprint density at radius 3 is 2.28 bits per heavy atom. The Kier molecular flexibility index (Phi) is 2.59. The summed E-state index contributed by atoms with van der Waals surface area (Å²) in [6.07, 6.45) is -0.968. The van der Waals surface area contributed by atoms with E-state index in [9.17, 15) is 14.7 Å². The maximum atomic E-state index is 12.0. The molecule has 5 nitrogen and oxygen atoms in total. The van der Waals surface area contributed by atoms with Gasteiger partial charge in [-0.2, -0.15) is 0 Å². The number of aliphatic hydroxyl groups excluding tert-OH is 1. The molecule has 2 fully saturated rings. The molecule has 0 aliphatic carbocycles. The SMILES string of the molecule is CC(C)=C1C(=O)N[C@@]2([C@@H](O)C(C)C)C(=O)O[C@@]12C. The van der Waals surface area contributed by atoms with Gasteiger partial charge in [0.25, 0.3) is 5.91 Å². The average Bonchev–Trinajstić information content (AvgIpc) is 2.41. The summed E-state index contributed by atoms with van der Waals surface area (Å²) in [5.41, 5.74) is -1.16. The summed E-state index contributed by atoms with van der Waals surface area (Å²) in [6.45, 7) is 8.88. The maximum absolute atomic E-state index is 12.0. The van der Waals surface area contributed by atoms with Crippen LogP contribution in [0.15, 0.2) is 11.1 Å². The number of hydrogen-bond acceptors (Lipinski definition) is 4. The van der Waals surface area contributed by atoms with Crippen LogP contribution in [0, 0.1) is 5.92 Å². The predicted molar refractivity (Wildman–Crippen MR) is 64.6 cm³/mol. The number of carbonyl (C=O) groups is 2. The Labute approximate surface area is 106 Å². The van der Waals surface area contributed by atoms with E-state index < -0.39 is 23.2 Å². The standard InChI is InChI=1S/C13H19NO4/c1-6(2)8-10(16)14-13(9(15)7(3)4)11(17)18-12(8,13)5/h7,9,15H,1-5H3,(H,14,16)/t9-,12-,13-/m0/s1. The lowest BCUT2D eigenvalue weighted by Gasteiger charge is -2.52. The van der Waals surface area contributed by atoms with Crippen LogP contribution in [0.25, 0.3) is 0 Å². The molecule has 0 aromatic heterocycles. The van der Waals surface area contributed by atoms with Gasteiger partial charge in [0.05, 0.1) is 11.7 Å². The van der Waals surface area contributed by atoms with Gasteiger partial charge in [0.1, 0.15) is 0 Å². The highest BCUT2D eigenvalue weighted by Gasteiger charge is 2.77. The predicted octanol–water partition coefficient (Wildman–Crippen LogP) is 0.524. The average molecular weight is 253 g/mol. The molecule has 0 aromatic carbocycles. The molecule has 2 rings (SSSR count). The van der Waals surface area contributed by atoms with Gasteiger partial charge in [-0.1, -0.05) is 19.4 Å². The zero-order valence-electron chi connectivity index (χ0n) is 11.3. The highest BCUT2D eigenvalue weighted by Crippen LogP contribution is 2.52. The lowest BCUT2D eigenvalue weighted by atomic mass is 9.68. The largest absolute Gasteiger partial charge is 0.449 e. The first-order valence-electron chi connectivity index (χ1n) is 6.10. The van der Waals surface area contributed by atoms with Crippen molar-refractivity contribution in [1.29, 1.82) is 0 Å². The van der Waals surface area contributed by atoms with Gasteiger partial charge in [-0.05, 0) is 26.7 Å². The van der Waals surface area contributed by atoms with Crippen molar-refractivity contribution in [1.82, 2.24) is 5.32 Å². The maximum Gasteiger partial charge on any atom is 0.340 e. The molecule has 1 amide bonds. The van der Waals surface area contributed by atoms with E-state index in [1.54, 1.807) is 34.6 Å². The van der Waals surface area contributed by atoms with Gasteiger partial charge in [-0.3, -0.25) is 4.79 Å². The van der Waals surface area contributed by atoms with Crippen LogP contribution in [0.3, 0.4) is 0 Å². The molecule has 3 atom stereocenters. The molecule has 18 heavy (non-hydrogen) atoms. The van der Waals surface area contributed by atoms with Gasteiger partial charge in [0.2, 0.25) is 5.54 Å². The van der Waals surface area contributed by atoms with Crippen LogP contribution in [0.2, 0.25) is 0 Å². The Bertz CT molecular complexity index is 464. The summed E-state index contributed by atoms with van der Waals surface area (Å²) in [5.74, 6) is -1.05. The number of ether oxygens (including phenoxy) is 1. The minimum atomic E-state index is -1.33. The van der Waals surface area contributed by atoms with E-state index in [0.29, 0.717) is 5.57 Å². The Morgan fingerprint density at radius 2 is 1.89 bits per heavy atom. The third-order valence-corrected chi connectivity index (χ3v) is 3.96. The molecule has 0 spiro atoms. The van der Waals surface area contributed by atoms with Gasteiger partial charge >= 0.3 is 5.97 Å². The molecule has 100 valence electrons. The fourth-order valence-corrected chi connectivity index (χ4v) is 3.05. The first-order chi connectivity index (χ1) is 8.18. The molecule has 0 saturated carbocycles. The van der Waals surface area contributed by atoms with E-state index in [1.165, 1.54) is 0 Å². The molecule has 0 aromatic rings. The Balaban J connectivity index is 2.58. The van der Waals surface area contributed by atoms with E-state index >= 15 is 0 Å². The fraction of sp³-hybridized carbons (Fsp3) is 0.692. The van der Waals surface area contributed by atoms with Gasteiger partial charge in [0, 0.05) is 0 Å². The lowest BCUT2D eigenvalue weighted by Crippen LogP contribution is -2.79. The number of nitrogens with one attached hydrogen (secondary N) is 1. The number of fused-ring (bicyclic) bond motifs is 1. The van der Waals surface area contributed by atoms with Crippen LogP contribution >= 0.6 is 0 Å². The van der Waals surface area contributed by atoms with Crippen LogP contribution in [-0.4, -0.2) is 34.2 Å². The third kappa shape index (κ3) is 1.20. The first-order valence-corrected chi connectivity index (χ1v) is 6.10. The summed E-state index contributed by atoms with van der Waals surface area (Å²) in [5, 5.41) is 13.0. The van der Waals surface area contributed by atoms with E-state index in [1.807, 2.05) is 0 Å². The second-order valence-electron chi connectivity index (χ2n) is 5.75. The highest BCUT2D eigenvalue weighted by molar-refractivity contribution is 6.11. The van der Waals surface area contributed by atoms with Crippen LogP contribution in [-0.2, 0) is 14.3 Å². The van der Waals surface area contributed by atoms with Crippen molar-refractivity contribution < 1.29 is 19.4 Å².